The summed E-state index contributed by atoms with van der Waals surface area (Å²) in [5.41, 5.74) is 15.0. The van der Waals surface area contributed by atoms with Crippen LogP contribution < -0.4 is 27.4 Å². The van der Waals surface area contributed by atoms with E-state index >= 15 is 0 Å². The number of amides is 4. The van der Waals surface area contributed by atoms with Gasteiger partial charge in [-0.25, -0.2) is 9.78 Å². The number of nitrogens with zero attached hydrogens (tertiary/aromatic N) is 1. The number of nitrogen functional groups attached to an aromatic ring is 1. The summed E-state index contributed by atoms with van der Waals surface area (Å²) < 4.78 is 0. The third-order valence-electron chi connectivity index (χ3n) is 6.40. The zero-order valence-corrected chi connectivity index (χ0v) is 21.9. The maximum Gasteiger partial charge on any atom is 0.312 e. The number of carbonyl (C=O) groups excluding carboxylic acids is 3. The van der Waals surface area contributed by atoms with E-state index in [-0.39, 0.29) is 24.8 Å². The fraction of sp³-hybridized carbons (Fsp3) is 0.161. The van der Waals surface area contributed by atoms with E-state index in [9.17, 15) is 14.4 Å². The van der Waals surface area contributed by atoms with Gasteiger partial charge in [0.15, 0.2) is 0 Å². The van der Waals surface area contributed by atoms with Gasteiger partial charge in [-0.15, -0.1) is 0 Å². The fourth-order valence-electron chi connectivity index (χ4n) is 4.32. The van der Waals surface area contributed by atoms with Crippen LogP contribution >= 0.6 is 0 Å². The second kappa shape index (κ2) is 13.6. The predicted octanol–water partition coefficient (Wildman–Crippen LogP) is 3.01. The lowest BCUT2D eigenvalue weighted by molar-refractivity contribution is -0.129. The number of anilines is 1. The van der Waals surface area contributed by atoms with Crippen molar-refractivity contribution < 1.29 is 14.4 Å². The van der Waals surface area contributed by atoms with E-state index in [4.69, 9.17) is 11.5 Å². The molecule has 9 heteroatoms. The van der Waals surface area contributed by atoms with Gasteiger partial charge in [0, 0.05) is 25.7 Å². The maximum atomic E-state index is 13.8. The van der Waals surface area contributed by atoms with E-state index < -0.39 is 18.0 Å². The first-order valence-corrected chi connectivity index (χ1v) is 12.9. The van der Waals surface area contributed by atoms with E-state index in [1.807, 2.05) is 84.9 Å². The van der Waals surface area contributed by atoms with Gasteiger partial charge in [-0.3, -0.25) is 9.59 Å². The molecule has 0 spiro atoms. The van der Waals surface area contributed by atoms with Crippen LogP contribution in [0.25, 0.3) is 0 Å². The van der Waals surface area contributed by atoms with Gasteiger partial charge in [-0.1, -0.05) is 91.0 Å². The van der Waals surface area contributed by atoms with E-state index in [1.165, 1.54) is 0 Å². The van der Waals surface area contributed by atoms with E-state index in [2.05, 4.69) is 20.9 Å². The van der Waals surface area contributed by atoms with Crippen molar-refractivity contribution in [3.63, 3.8) is 0 Å². The highest BCUT2D eigenvalue weighted by Gasteiger charge is 2.28. The van der Waals surface area contributed by atoms with Crippen LogP contribution in [-0.4, -0.2) is 28.9 Å². The van der Waals surface area contributed by atoms with E-state index in [1.54, 1.807) is 18.3 Å². The number of nitrogens with one attached hydrogen (secondary N) is 3. The van der Waals surface area contributed by atoms with Gasteiger partial charge in [0.2, 0.25) is 11.8 Å². The first kappa shape index (κ1) is 27.8. The standard InChI is InChI=1S/C31H32N6O3/c32-27-16-15-23(20-34-27)17-26(29(38)35-18-21-11-13-22(14-12-21)19-36-31(33)40)37-30(39)28(24-7-3-1-4-8-24)25-9-5-2-6-10-25/h1-16,20,26,28H,17-19H2,(H2,32,34)(H,35,38)(H,37,39)(H3,33,36,40). The minimum atomic E-state index is -0.855. The maximum absolute atomic E-state index is 13.8. The predicted molar refractivity (Wildman–Crippen MR) is 154 cm³/mol. The van der Waals surface area contributed by atoms with Gasteiger partial charge in [-0.2, -0.15) is 0 Å². The normalized spacial score (nSPS) is 11.4. The van der Waals surface area contributed by atoms with Crippen molar-refractivity contribution in [2.24, 2.45) is 5.73 Å². The molecular formula is C31H32N6O3. The summed E-state index contributed by atoms with van der Waals surface area (Å²) in [7, 11) is 0. The van der Waals surface area contributed by atoms with Crippen LogP contribution in [0, 0.1) is 0 Å². The smallest absolute Gasteiger partial charge is 0.312 e. The summed E-state index contributed by atoms with van der Waals surface area (Å²) in [6.07, 6.45) is 1.84. The quantitative estimate of drug-likeness (QED) is 0.200. The van der Waals surface area contributed by atoms with Gasteiger partial charge in [-0.05, 0) is 33.9 Å². The molecule has 4 aromatic rings. The Kier molecular flexibility index (Phi) is 9.44. The van der Waals surface area contributed by atoms with Gasteiger partial charge < -0.3 is 27.4 Å². The average molecular weight is 537 g/mol. The lowest BCUT2D eigenvalue weighted by Gasteiger charge is -2.23. The Hall–Kier alpha value is -5.18. The van der Waals surface area contributed by atoms with Crippen molar-refractivity contribution >= 4 is 23.7 Å². The second-order valence-electron chi connectivity index (χ2n) is 9.36. The molecule has 40 heavy (non-hydrogen) atoms. The number of benzene rings is 3. The zero-order chi connectivity index (χ0) is 28.3. The van der Waals surface area contributed by atoms with Gasteiger partial charge in [0.05, 0.1) is 5.92 Å². The lowest BCUT2D eigenvalue weighted by atomic mass is 9.90. The van der Waals surface area contributed by atoms with Crippen LogP contribution in [0.1, 0.15) is 33.7 Å². The zero-order valence-electron chi connectivity index (χ0n) is 21.9. The average Bonchev–Trinajstić information content (AvgIpc) is 2.97. The Morgan fingerprint density at radius 2 is 1.20 bits per heavy atom. The summed E-state index contributed by atoms with van der Waals surface area (Å²) in [5.74, 6) is -0.836. The number of urea groups is 1. The molecule has 1 aromatic heterocycles. The Morgan fingerprint density at radius 1 is 0.675 bits per heavy atom. The Balaban J connectivity index is 1.51. The molecule has 0 saturated carbocycles. The molecule has 0 aliphatic heterocycles. The molecular weight excluding hydrogens is 504 g/mol. The van der Waals surface area contributed by atoms with E-state index in [0.717, 1.165) is 27.8 Å². The lowest BCUT2D eigenvalue weighted by Crippen LogP contribution is -2.49. The number of nitrogens with two attached hydrogens (primary N) is 2. The number of hydrogen-bond acceptors (Lipinski definition) is 5. The number of hydrogen-bond donors (Lipinski definition) is 5. The number of rotatable bonds is 11. The minimum Gasteiger partial charge on any atom is -0.384 e. The van der Waals surface area contributed by atoms with Crippen molar-refractivity contribution in [1.82, 2.24) is 20.9 Å². The van der Waals surface area contributed by atoms with Crippen molar-refractivity contribution in [3.05, 3.63) is 131 Å². The molecule has 204 valence electrons. The molecule has 9 nitrogen and oxygen atoms in total. The Bertz CT molecular complexity index is 1370. The third kappa shape index (κ3) is 7.91. The summed E-state index contributed by atoms with van der Waals surface area (Å²) in [5, 5.41) is 8.46. The van der Waals surface area contributed by atoms with Gasteiger partial charge in [0.1, 0.15) is 11.9 Å². The summed E-state index contributed by atoms with van der Waals surface area (Å²) in [6, 6.07) is 28.4. The number of primary amides is 1. The van der Waals surface area contributed by atoms with Crippen LogP contribution in [0.15, 0.2) is 103 Å². The molecule has 0 fully saturated rings. The first-order valence-electron chi connectivity index (χ1n) is 12.9. The molecule has 1 atom stereocenters. The highest BCUT2D eigenvalue weighted by atomic mass is 16.2. The molecule has 1 unspecified atom stereocenters. The van der Waals surface area contributed by atoms with Crippen molar-refractivity contribution in [2.75, 3.05) is 5.73 Å². The van der Waals surface area contributed by atoms with Crippen molar-refractivity contribution in [2.45, 2.75) is 31.5 Å². The Labute approximate surface area is 233 Å². The van der Waals surface area contributed by atoms with Gasteiger partial charge >= 0.3 is 6.03 Å². The summed E-state index contributed by atoms with van der Waals surface area (Å²) in [4.78, 5) is 42.2. The topological polar surface area (TPSA) is 152 Å². The van der Waals surface area contributed by atoms with Crippen LogP contribution in [0.4, 0.5) is 10.6 Å². The third-order valence-corrected chi connectivity index (χ3v) is 6.40. The largest absolute Gasteiger partial charge is 0.384 e. The second-order valence-corrected chi connectivity index (χ2v) is 9.36. The molecule has 0 bridgehead atoms. The van der Waals surface area contributed by atoms with Crippen LogP contribution in [0.3, 0.4) is 0 Å². The Morgan fingerprint density at radius 3 is 1.70 bits per heavy atom. The molecule has 4 rings (SSSR count). The SMILES string of the molecule is NC(=O)NCc1ccc(CNC(=O)C(Cc2ccc(N)nc2)NC(=O)C(c2ccccc2)c2ccccc2)cc1. The van der Waals surface area contributed by atoms with Crippen molar-refractivity contribution in [1.29, 1.82) is 0 Å². The minimum absolute atomic E-state index is 0.235. The number of carbonyl (C=O) groups is 3. The highest BCUT2D eigenvalue weighted by Crippen LogP contribution is 2.25. The molecule has 0 aliphatic carbocycles. The van der Waals surface area contributed by atoms with Crippen LogP contribution in [-0.2, 0) is 29.1 Å². The summed E-state index contributed by atoms with van der Waals surface area (Å²) in [6.45, 7) is 0.575. The molecule has 0 saturated heterocycles. The van der Waals surface area contributed by atoms with Crippen molar-refractivity contribution in [3.8, 4) is 0 Å². The number of aromatic nitrogens is 1. The summed E-state index contributed by atoms with van der Waals surface area (Å²) >= 11 is 0. The van der Waals surface area contributed by atoms with Crippen LogP contribution in [0.5, 0.6) is 0 Å². The van der Waals surface area contributed by atoms with E-state index in [0.29, 0.717) is 12.4 Å². The molecule has 4 amide bonds. The highest BCUT2D eigenvalue weighted by molar-refractivity contribution is 5.92. The molecule has 0 radical (unpaired) electrons. The monoisotopic (exact) mass is 536 g/mol. The molecule has 7 N–H and O–H groups in total. The fourth-order valence-corrected chi connectivity index (χ4v) is 4.32. The first-order chi connectivity index (χ1) is 19.4. The molecule has 3 aromatic carbocycles. The van der Waals surface area contributed by atoms with Gasteiger partial charge in [0.25, 0.3) is 0 Å². The van der Waals surface area contributed by atoms with Crippen LogP contribution in [0.2, 0.25) is 0 Å². The number of pyridine rings is 1. The molecule has 1 heterocycles. The molecule has 0 aliphatic rings.